The molecule has 0 fully saturated rings. The number of carbonyl (C=O) groups is 1. The minimum absolute atomic E-state index is 0.0776. The Balaban J connectivity index is 2.29. The van der Waals surface area contributed by atoms with Crippen molar-refractivity contribution in [3.63, 3.8) is 0 Å². The van der Waals surface area contributed by atoms with Crippen LogP contribution in [-0.4, -0.2) is 48.9 Å². The van der Waals surface area contributed by atoms with E-state index in [0.717, 1.165) is 31.0 Å². The van der Waals surface area contributed by atoms with Gasteiger partial charge < -0.3 is 14.2 Å². The fourth-order valence-electron chi connectivity index (χ4n) is 2.15. The van der Waals surface area contributed by atoms with Gasteiger partial charge >= 0.3 is 5.97 Å². The van der Waals surface area contributed by atoms with E-state index in [2.05, 4.69) is 6.92 Å². The van der Waals surface area contributed by atoms with E-state index in [0.29, 0.717) is 19.8 Å². The maximum Gasteiger partial charge on any atom is 0.338 e. The molecule has 0 aliphatic heterocycles. The van der Waals surface area contributed by atoms with Crippen molar-refractivity contribution in [2.24, 2.45) is 0 Å². The van der Waals surface area contributed by atoms with Crippen molar-refractivity contribution < 1.29 is 28.9 Å². The number of nitrogens with zero attached hydrogens (tertiary/aromatic N) is 2. The molecular weight excluding hydrogens is 360 g/mol. The number of ether oxygens (including phenoxy) is 3. The third-order valence-corrected chi connectivity index (χ3v) is 3.53. The van der Waals surface area contributed by atoms with Crippen LogP contribution in [0.3, 0.4) is 0 Å². The minimum atomic E-state index is -0.891. The average Bonchev–Trinajstić information content (AvgIpc) is 2.65. The zero-order chi connectivity index (χ0) is 20.1. The van der Waals surface area contributed by atoms with Gasteiger partial charge in [-0.3, -0.25) is 20.2 Å². The summed E-state index contributed by atoms with van der Waals surface area (Å²) in [6.07, 6.45) is 4.52. The Labute approximate surface area is 156 Å². The first-order chi connectivity index (χ1) is 13.0. The van der Waals surface area contributed by atoms with Crippen molar-refractivity contribution in [1.82, 2.24) is 0 Å². The zero-order valence-corrected chi connectivity index (χ0v) is 15.3. The van der Waals surface area contributed by atoms with Crippen LogP contribution in [0.2, 0.25) is 0 Å². The normalized spacial score (nSPS) is 10.6. The number of nitro groups is 2. The summed E-state index contributed by atoms with van der Waals surface area (Å²) in [5.74, 6) is -0.891. The van der Waals surface area contributed by atoms with Crippen LogP contribution in [-0.2, 0) is 14.2 Å². The Morgan fingerprint density at radius 2 is 1.41 bits per heavy atom. The van der Waals surface area contributed by atoms with Gasteiger partial charge in [-0.25, -0.2) is 4.79 Å². The van der Waals surface area contributed by atoms with Gasteiger partial charge in [-0.15, -0.1) is 0 Å². The predicted octanol–water partition coefficient (Wildman–Crippen LogP) is 3.27. The molecule has 0 bridgehead atoms. The maximum absolute atomic E-state index is 11.9. The van der Waals surface area contributed by atoms with E-state index in [1.165, 1.54) is 12.8 Å². The Kier molecular flexibility index (Phi) is 10.6. The molecule has 0 heterocycles. The molecule has 0 aliphatic rings. The number of benzene rings is 1. The van der Waals surface area contributed by atoms with Gasteiger partial charge in [0.1, 0.15) is 6.61 Å². The molecule has 0 atom stereocenters. The highest BCUT2D eigenvalue weighted by Gasteiger charge is 2.20. The molecule has 0 aromatic heterocycles. The predicted molar refractivity (Wildman–Crippen MR) is 95.8 cm³/mol. The maximum atomic E-state index is 11.9. The van der Waals surface area contributed by atoms with Gasteiger partial charge in [-0.2, -0.15) is 0 Å². The van der Waals surface area contributed by atoms with E-state index in [-0.39, 0.29) is 18.8 Å². The molecule has 10 nitrogen and oxygen atoms in total. The minimum Gasteiger partial charge on any atom is -0.460 e. The molecule has 0 N–H and O–H groups in total. The van der Waals surface area contributed by atoms with Gasteiger partial charge in [-0.05, 0) is 6.42 Å². The lowest BCUT2D eigenvalue weighted by Gasteiger charge is -2.07. The number of non-ortho nitro benzene ring substituents is 2. The van der Waals surface area contributed by atoms with E-state index >= 15 is 0 Å². The lowest BCUT2D eigenvalue weighted by Crippen LogP contribution is -2.13. The van der Waals surface area contributed by atoms with Crippen molar-refractivity contribution in [2.75, 3.05) is 33.0 Å². The van der Waals surface area contributed by atoms with Gasteiger partial charge in [0, 0.05) is 18.7 Å². The Morgan fingerprint density at radius 3 is 1.96 bits per heavy atom. The quantitative estimate of drug-likeness (QED) is 0.207. The second-order valence-corrected chi connectivity index (χ2v) is 5.67. The van der Waals surface area contributed by atoms with Crippen LogP contribution in [0.5, 0.6) is 0 Å². The molecule has 1 rings (SSSR count). The Hall–Kier alpha value is -2.59. The van der Waals surface area contributed by atoms with Gasteiger partial charge in [0.05, 0.1) is 41.3 Å². The van der Waals surface area contributed by atoms with Crippen molar-refractivity contribution in [1.29, 1.82) is 0 Å². The fraction of sp³-hybridized carbons (Fsp3) is 0.588. The topological polar surface area (TPSA) is 131 Å². The lowest BCUT2D eigenvalue weighted by atomic mass is 10.2. The van der Waals surface area contributed by atoms with Crippen LogP contribution < -0.4 is 0 Å². The molecule has 0 spiro atoms. The largest absolute Gasteiger partial charge is 0.460 e. The van der Waals surface area contributed by atoms with Crippen LogP contribution in [0.4, 0.5) is 11.4 Å². The number of hydrogen-bond acceptors (Lipinski definition) is 8. The second kappa shape index (κ2) is 12.7. The van der Waals surface area contributed by atoms with Crippen molar-refractivity contribution in [3.8, 4) is 0 Å². The van der Waals surface area contributed by atoms with Crippen LogP contribution in [0.15, 0.2) is 18.2 Å². The van der Waals surface area contributed by atoms with Crippen LogP contribution in [0.25, 0.3) is 0 Å². The van der Waals surface area contributed by atoms with E-state index in [1.54, 1.807) is 0 Å². The molecule has 1 aromatic carbocycles. The highest BCUT2D eigenvalue weighted by atomic mass is 16.6. The first kappa shape index (κ1) is 22.5. The van der Waals surface area contributed by atoms with Crippen molar-refractivity contribution in [2.45, 2.75) is 32.6 Å². The SMILES string of the molecule is CCCCCCOCCOCCOC(=O)c1cc([N+](=O)[O-])cc([N+](=O)[O-])c1. The summed E-state index contributed by atoms with van der Waals surface area (Å²) in [7, 11) is 0. The van der Waals surface area contributed by atoms with Crippen LogP contribution in [0.1, 0.15) is 43.0 Å². The number of unbranched alkanes of at least 4 members (excludes halogenated alkanes) is 3. The summed E-state index contributed by atoms with van der Waals surface area (Å²) in [6.45, 7) is 3.67. The molecular formula is C17H24N2O8. The molecule has 0 saturated heterocycles. The van der Waals surface area contributed by atoms with Crippen LogP contribution in [0, 0.1) is 20.2 Å². The average molecular weight is 384 g/mol. The number of carbonyl (C=O) groups excluding carboxylic acids is 1. The van der Waals surface area contributed by atoms with E-state index in [4.69, 9.17) is 14.2 Å². The van der Waals surface area contributed by atoms with Crippen molar-refractivity contribution in [3.05, 3.63) is 44.0 Å². The first-order valence-corrected chi connectivity index (χ1v) is 8.72. The van der Waals surface area contributed by atoms with Gasteiger partial charge in [0.2, 0.25) is 0 Å². The first-order valence-electron chi connectivity index (χ1n) is 8.72. The highest BCUT2D eigenvalue weighted by molar-refractivity contribution is 5.91. The fourth-order valence-corrected chi connectivity index (χ4v) is 2.15. The molecule has 150 valence electrons. The summed E-state index contributed by atoms with van der Waals surface area (Å²) in [4.78, 5) is 31.9. The smallest absolute Gasteiger partial charge is 0.338 e. The second-order valence-electron chi connectivity index (χ2n) is 5.67. The summed E-state index contributed by atoms with van der Waals surface area (Å²) in [5.41, 5.74) is -1.36. The summed E-state index contributed by atoms with van der Waals surface area (Å²) < 4.78 is 15.6. The Bertz CT molecular complexity index is 603. The summed E-state index contributed by atoms with van der Waals surface area (Å²) in [5, 5.41) is 21.6. The zero-order valence-electron chi connectivity index (χ0n) is 15.3. The summed E-state index contributed by atoms with van der Waals surface area (Å²) >= 11 is 0. The van der Waals surface area contributed by atoms with Gasteiger partial charge in [-0.1, -0.05) is 26.2 Å². The van der Waals surface area contributed by atoms with Crippen molar-refractivity contribution >= 4 is 17.3 Å². The summed E-state index contributed by atoms with van der Waals surface area (Å²) in [6, 6.07) is 2.65. The third kappa shape index (κ3) is 9.06. The molecule has 0 saturated carbocycles. The van der Waals surface area contributed by atoms with E-state index < -0.39 is 27.2 Å². The molecule has 0 radical (unpaired) electrons. The molecule has 10 heteroatoms. The number of hydrogen-bond donors (Lipinski definition) is 0. The van der Waals surface area contributed by atoms with Gasteiger partial charge in [0.25, 0.3) is 11.4 Å². The molecule has 0 unspecified atom stereocenters. The van der Waals surface area contributed by atoms with E-state index in [9.17, 15) is 25.0 Å². The van der Waals surface area contributed by atoms with Crippen LogP contribution >= 0.6 is 0 Å². The number of esters is 1. The number of rotatable bonds is 14. The van der Waals surface area contributed by atoms with E-state index in [1.807, 2.05) is 0 Å². The molecule has 0 amide bonds. The highest BCUT2D eigenvalue weighted by Crippen LogP contribution is 2.23. The van der Waals surface area contributed by atoms with Gasteiger partial charge in [0.15, 0.2) is 0 Å². The monoisotopic (exact) mass is 384 g/mol. The third-order valence-electron chi connectivity index (χ3n) is 3.53. The molecule has 27 heavy (non-hydrogen) atoms. The standard InChI is InChI=1S/C17H24N2O8/c1-2-3-4-5-6-25-7-8-26-9-10-27-17(20)14-11-15(18(21)22)13-16(12-14)19(23)24/h11-13H,2-10H2,1H3. The molecule has 1 aromatic rings. The Morgan fingerprint density at radius 1 is 0.852 bits per heavy atom. The lowest BCUT2D eigenvalue weighted by molar-refractivity contribution is -0.394. The molecule has 0 aliphatic carbocycles. The number of nitro benzene ring substituents is 2.